The van der Waals surface area contributed by atoms with Crippen molar-refractivity contribution in [1.29, 1.82) is 0 Å². The summed E-state index contributed by atoms with van der Waals surface area (Å²) in [6, 6.07) is 20.5. The number of carbonyl (C=O) groups excluding carboxylic acids is 1. The summed E-state index contributed by atoms with van der Waals surface area (Å²) in [5, 5.41) is 0. The van der Waals surface area contributed by atoms with Gasteiger partial charge in [-0.05, 0) is 29.9 Å². The van der Waals surface area contributed by atoms with E-state index < -0.39 is 0 Å². The summed E-state index contributed by atoms with van der Waals surface area (Å²) in [6.07, 6.45) is 1.76. The molecule has 2 nitrogen and oxygen atoms in total. The number of piperidine rings is 1. The molecule has 1 aliphatic heterocycles. The molecule has 126 valence electrons. The Kier molecular flexibility index (Phi) is 5.15. The van der Waals surface area contributed by atoms with Crippen molar-refractivity contribution in [2.24, 2.45) is 5.92 Å². The van der Waals surface area contributed by atoms with Gasteiger partial charge in [-0.2, -0.15) is 0 Å². The van der Waals surface area contributed by atoms with Gasteiger partial charge in [0.05, 0.1) is 0 Å². The minimum absolute atomic E-state index is 0.237. The maximum absolute atomic E-state index is 12.3. The van der Waals surface area contributed by atoms with Crippen molar-refractivity contribution < 1.29 is 4.79 Å². The quantitative estimate of drug-likeness (QED) is 0.753. The molecular formula is C22H27NO. The van der Waals surface area contributed by atoms with Crippen LogP contribution in [0.1, 0.15) is 42.6 Å². The molecule has 0 aromatic heterocycles. The maximum atomic E-state index is 12.3. The van der Waals surface area contributed by atoms with Gasteiger partial charge in [0.2, 0.25) is 0 Å². The molecule has 2 aromatic carbocycles. The lowest BCUT2D eigenvalue weighted by molar-refractivity contribution is 0.0887. The summed E-state index contributed by atoms with van der Waals surface area (Å²) in [5.74, 6) is 0.833. The number of carbonyl (C=O) groups is 1. The second-order valence-corrected chi connectivity index (χ2v) is 7.27. The zero-order valence-corrected chi connectivity index (χ0v) is 14.7. The third-order valence-electron chi connectivity index (χ3n) is 5.75. The number of ketones is 1. The highest BCUT2D eigenvalue weighted by Crippen LogP contribution is 2.39. The van der Waals surface area contributed by atoms with Crippen LogP contribution < -0.4 is 0 Å². The molecule has 0 aliphatic carbocycles. The molecule has 0 amide bonds. The Morgan fingerprint density at radius 3 is 2.33 bits per heavy atom. The van der Waals surface area contributed by atoms with Gasteiger partial charge in [0.25, 0.3) is 0 Å². The van der Waals surface area contributed by atoms with E-state index >= 15 is 0 Å². The number of Topliss-reactive ketones (excluding diaryl/α,β-unsaturated/α-hetero) is 1. The minimum atomic E-state index is 0.237. The van der Waals surface area contributed by atoms with Crippen molar-refractivity contribution in [1.82, 2.24) is 4.90 Å². The summed E-state index contributed by atoms with van der Waals surface area (Å²) >= 11 is 0. The molecule has 0 spiro atoms. The number of hydrogen-bond acceptors (Lipinski definition) is 2. The molecule has 0 radical (unpaired) electrons. The third kappa shape index (κ3) is 3.59. The summed E-state index contributed by atoms with van der Waals surface area (Å²) < 4.78 is 0. The van der Waals surface area contributed by atoms with E-state index in [4.69, 9.17) is 0 Å². The van der Waals surface area contributed by atoms with Gasteiger partial charge in [0.15, 0.2) is 5.78 Å². The van der Waals surface area contributed by atoms with Gasteiger partial charge in [-0.25, -0.2) is 0 Å². The molecule has 0 bridgehead atoms. The number of rotatable bonds is 5. The van der Waals surface area contributed by atoms with E-state index in [2.05, 4.69) is 49.1 Å². The summed E-state index contributed by atoms with van der Waals surface area (Å²) in [6.45, 7) is 7.73. The van der Waals surface area contributed by atoms with Crippen molar-refractivity contribution >= 4 is 5.78 Å². The zero-order chi connectivity index (χ0) is 17.0. The lowest BCUT2D eigenvalue weighted by atomic mass is 9.68. The Hall–Kier alpha value is -1.93. The summed E-state index contributed by atoms with van der Waals surface area (Å²) in [4.78, 5) is 14.7. The second-order valence-electron chi connectivity index (χ2n) is 7.27. The normalized spacial score (nSPS) is 24.7. The first-order chi connectivity index (χ1) is 11.6. The molecular weight excluding hydrogens is 294 g/mol. The Bertz CT molecular complexity index is 667. The Labute approximate surface area is 145 Å². The van der Waals surface area contributed by atoms with Crippen LogP contribution in [0.15, 0.2) is 60.7 Å². The molecule has 24 heavy (non-hydrogen) atoms. The van der Waals surface area contributed by atoms with Crippen molar-refractivity contribution in [2.45, 2.75) is 32.1 Å². The van der Waals surface area contributed by atoms with Crippen LogP contribution >= 0.6 is 0 Å². The third-order valence-corrected chi connectivity index (χ3v) is 5.75. The lowest BCUT2D eigenvalue weighted by Gasteiger charge is -2.45. The average molecular weight is 321 g/mol. The van der Waals surface area contributed by atoms with E-state index in [-0.39, 0.29) is 11.2 Å². The second kappa shape index (κ2) is 7.31. The summed E-state index contributed by atoms with van der Waals surface area (Å²) in [7, 11) is 0. The molecule has 0 N–H and O–H groups in total. The fraction of sp³-hybridized carbons (Fsp3) is 0.409. The lowest BCUT2D eigenvalue weighted by Crippen LogP contribution is -2.47. The summed E-state index contributed by atoms with van der Waals surface area (Å²) in [5.41, 5.74) is 2.51. The molecule has 1 heterocycles. The molecule has 1 fully saturated rings. The van der Waals surface area contributed by atoms with Gasteiger partial charge in [0.1, 0.15) is 0 Å². The van der Waals surface area contributed by atoms with Gasteiger partial charge in [-0.3, -0.25) is 4.79 Å². The van der Waals surface area contributed by atoms with Crippen LogP contribution in [0.3, 0.4) is 0 Å². The SMILES string of the molecule is C[C@H]1CN(CCC(=O)c2ccccc2)CC[C@]1(C)c1ccccc1. The Morgan fingerprint density at radius 2 is 1.71 bits per heavy atom. The van der Waals surface area contributed by atoms with Crippen molar-refractivity contribution in [2.75, 3.05) is 19.6 Å². The van der Waals surface area contributed by atoms with Crippen LogP contribution in [0, 0.1) is 5.92 Å². The molecule has 2 atom stereocenters. The fourth-order valence-electron chi connectivity index (χ4n) is 3.80. The van der Waals surface area contributed by atoms with E-state index in [9.17, 15) is 4.79 Å². The average Bonchev–Trinajstić information content (AvgIpc) is 2.64. The molecule has 0 unspecified atom stereocenters. The first-order valence-corrected chi connectivity index (χ1v) is 8.96. The van der Waals surface area contributed by atoms with E-state index in [1.165, 1.54) is 5.56 Å². The van der Waals surface area contributed by atoms with Gasteiger partial charge < -0.3 is 4.90 Å². The van der Waals surface area contributed by atoms with Crippen LogP contribution in [-0.2, 0) is 5.41 Å². The minimum Gasteiger partial charge on any atom is -0.303 e. The largest absolute Gasteiger partial charge is 0.303 e. The Balaban J connectivity index is 1.57. The van der Waals surface area contributed by atoms with Crippen LogP contribution in [0.2, 0.25) is 0 Å². The smallest absolute Gasteiger partial charge is 0.164 e. The topological polar surface area (TPSA) is 20.3 Å². The van der Waals surface area contributed by atoms with Gasteiger partial charge >= 0.3 is 0 Å². The Morgan fingerprint density at radius 1 is 1.08 bits per heavy atom. The van der Waals surface area contributed by atoms with Crippen molar-refractivity contribution in [3.63, 3.8) is 0 Å². The van der Waals surface area contributed by atoms with E-state index in [0.29, 0.717) is 12.3 Å². The zero-order valence-electron chi connectivity index (χ0n) is 14.7. The predicted molar refractivity (Wildman–Crippen MR) is 99.4 cm³/mol. The number of hydrogen-bond donors (Lipinski definition) is 0. The first kappa shape index (κ1) is 16.9. The van der Waals surface area contributed by atoms with Gasteiger partial charge in [-0.1, -0.05) is 74.5 Å². The van der Waals surface area contributed by atoms with E-state index in [1.54, 1.807) is 0 Å². The van der Waals surface area contributed by atoms with Crippen LogP contribution in [-0.4, -0.2) is 30.3 Å². The van der Waals surface area contributed by atoms with Gasteiger partial charge in [0, 0.05) is 25.1 Å². The van der Waals surface area contributed by atoms with Crippen molar-refractivity contribution in [3.05, 3.63) is 71.8 Å². The molecule has 1 saturated heterocycles. The number of benzene rings is 2. The van der Waals surface area contributed by atoms with E-state index in [0.717, 1.165) is 31.6 Å². The fourth-order valence-corrected chi connectivity index (χ4v) is 3.80. The first-order valence-electron chi connectivity index (χ1n) is 8.96. The monoisotopic (exact) mass is 321 g/mol. The van der Waals surface area contributed by atoms with Crippen molar-refractivity contribution in [3.8, 4) is 0 Å². The molecule has 2 heteroatoms. The molecule has 3 rings (SSSR count). The highest BCUT2D eigenvalue weighted by molar-refractivity contribution is 5.96. The van der Waals surface area contributed by atoms with Crippen LogP contribution in [0.25, 0.3) is 0 Å². The highest BCUT2D eigenvalue weighted by Gasteiger charge is 2.37. The van der Waals surface area contributed by atoms with Crippen LogP contribution in [0.5, 0.6) is 0 Å². The standard InChI is InChI=1S/C22H27NO/c1-18-17-23(15-13-21(24)19-9-5-3-6-10-19)16-14-22(18,2)20-11-7-4-8-12-20/h3-12,18H,13-17H2,1-2H3/t18-,22-/m0/s1. The molecule has 1 aliphatic rings. The van der Waals surface area contributed by atoms with Gasteiger partial charge in [-0.15, -0.1) is 0 Å². The maximum Gasteiger partial charge on any atom is 0.164 e. The number of nitrogens with zero attached hydrogens (tertiary/aromatic N) is 1. The number of likely N-dealkylation sites (tertiary alicyclic amines) is 1. The van der Waals surface area contributed by atoms with Crippen LogP contribution in [0.4, 0.5) is 0 Å². The van der Waals surface area contributed by atoms with E-state index in [1.807, 2.05) is 30.3 Å². The predicted octanol–water partition coefficient (Wildman–Crippen LogP) is 4.56. The molecule has 2 aromatic rings. The highest BCUT2D eigenvalue weighted by atomic mass is 16.1. The molecule has 0 saturated carbocycles.